The van der Waals surface area contributed by atoms with Crippen LogP contribution < -0.4 is 20.1 Å². The molecule has 0 saturated heterocycles. The number of para-hydroxylation sites is 1. The molecule has 0 spiro atoms. The molecular formula is C25H23ClF3N3O3. The van der Waals surface area contributed by atoms with Crippen molar-refractivity contribution < 1.29 is 27.4 Å². The van der Waals surface area contributed by atoms with Gasteiger partial charge in [-0.3, -0.25) is 10.1 Å². The van der Waals surface area contributed by atoms with Crippen LogP contribution in [0.1, 0.15) is 30.0 Å². The summed E-state index contributed by atoms with van der Waals surface area (Å²) in [6.07, 6.45) is -0.612. The number of carbonyl (C=O) groups is 1. The van der Waals surface area contributed by atoms with Crippen molar-refractivity contribution in [2.24, 2.45) is 0 Å². The van der Waals surface area contributed by atoms with Gasteiger partial charge in [0.15, 0.2) is 0 Å². The van der Waals surface area contributed by atoms with Gasteiger partial charge in [-0.25, -0.2) is 0 Å². The van der Waals surface area contributed by atoms with Crippen molar-refractivity contribution in [3.8, 4) is 17.6 Å². The molecule has 2 heterocycles. The predicted molar refractivity (Wildman–Crippen MR) is 123 cm³/mol. The summed E-state index contributed by atoms with van der Waals surface area (Å²) in [7, 11) is 0. The Morgan fingerprint density at radius 1 is 1.11 bits per heavy atom. The first-order valence-corrected chi connectivity index (χ1v) is 11.4. The van der Waals surface area contributed by atoms with E-state index in [2.05, 4.69) is 10.6 Å². The van der Waals surface area contributed by atoms with Crippen LogP contribution >= 0.6 is 11.6 Å². The fourth-order valence-corrected chi connectivity index (χ4v) is 4.05. The number of benzene rings is 2. The van der Waals surface area contributed by atoms with Gasteiger partial charge < -0.3 is 14.8 Å². The summed E-state index contributed by atoms with van der Waals surface area (Å²) >= 11 is 6.31. The van der Waals surface area contributed by atoms with E-state index in [1.54, 1.807) is 36.4 Å². The number of ether oxygens (including phenoxy) is 2. The van der Waals surface area contributed by atoms with Crippen molar-refractivity contribution in [2.75, 3.05) is 13.2 Å². The number of alkyl halides is 3. The Morgan fingerprint density at radius 3 is 2.43 bits per heavy atom. The first-order chi connectivity index (χ1) is 16.7. The second-order valence-electron chi connectivity index (χ2n) is 8.48. The highest BCUT2D eigenvalue weighted by atomic mass is 35.5. The number of amides is 1. The monoisotopic (exact) mass is 505 g/mol. The van der Waals surface area contributed by atoms with Crippen LogP contribution in [0.2, 0.25) is 5.02 Å². The van der Waals surface area contributed by atoms with Gasteiger partial charge >= 0.3 is 6.18 Å². The number of nitrogens with one attached hydrogen (secondary N) is 2. The van der Waals surface area contributed by atoms with Crippen LogP contribution in [0.25, 0.3) is 0 Å². The van der Waals surface area contributed by atoms with Gasteiger partial charge in [-0.2, -0.15) is 18.4 Å². The van der Waals surface area contributed by atoms with E-state index in [-0.39, 0.29) is 36.0 Å². The number of nitrogens with zero attached hydrogens (tertiary/aromatic N) is 1. The molecule has 2 atom stereocenters. The van der Waals surface area contributed by atoms with Crippen molar-refractivity contribution in [1.82, 2.24) is 10.6 Å². The summed E-state index contributed by atoms with van der Waals surface area (Å²) in [6.45, 7) is 0.213. The molecule has 1 amide bonds. The molecule has 1 saturated carbocycles. The minimum atomic E-state index is -4.74. The number of rotatable bonds is 2. The molecule has 2 aliphatic heterocycles. The van der Waals surface area contributed by atoms with E-state index in [4.69, 9.17) is 21.1 Å². The molecule has 35 heavy (non-hydrogen) atoms. The molecule has 1 unspecified atom stereocenters. The van der Waals surface area contributed by atoms with Gasteiger partial charge in [0.1, 0.15) is 36.3 Å². The molecule has 0 radical (unpaired) electrons. The molecule has 3 aliphatic rings. The number of hydrogen-bond donors (Lipinski definition) is 2. The van der Waals surface area contributed by atoms with Crippen LogP contribution in [-0.4, -0.2) is 36.9 Å². The molecule has 2 N–H and O–H groups in total. The van der Waals surface area contributed by atoms with E-state index in [1.165, 1.54) is 18.2 Å². The van der Waals surface area contributed by atoms with E-state index in [1.807, 2.05) is 6.07 Å². The van der Waals surface area contributed by atoms with Crippen molar-refractivity contribution in [3.05, 3.63) is 70.8 Å². The van der Waals surface area contributed by atoms with Gasteiger partial charge in [-0.15, -0.1) is 0 Å². The van der Waals surface area contributed by atoms with Gasteiger partial charge in [0.25, 0.3) is 0 Å². The zero-order chi connectivity index (χ0) is 25.1. The molecule has 184 valence electrons. The maximum absolute atomic E-state index is 14.3. The summed E-state index contributed by atoms with van der Waals surface area (Å²) < 4.78 is 54.2. The number of fused-ring (bicyclic) bond motifs is 9. The standard InChI is InChI=1S/C25H23ClF3N3O3/c26-18-13-16-7-8-21(18)35-12-4-3-11-34-20-6-2-1-5-17(20)22(25(27,28)29)31-19(14-16)23(33)32-24(15-30)9-10-24/h1-8,13,19,22,31H,9-12,14H2,(H,32,33)/b4-3+/t19-,22?/m0/s1. The van der Waals surface area contributed by atoms with E-state index < -0.39 is 29.7 Å². The van der Waals surface area contributed by atoms with Crippen LogP contribution in [0.5, 0.6) is 11.5 Å². The van der Waals surface area contributed by atoms with Crippen molar-refractivity contribution in [1.29, 1.82) is 5.26 Å². The normalized spacial score (nSPS) is 22.6. The summed E-state index contributed by atoms with van der Waals surface area (Å²) in [5.74, 6) is -0.250. The Labute approximate surface area is 205 Å². The Bertz CT molecular complexity index is 1160. The van der Waals surface area contributed by atoms with Gasteiger partial charge in [-0.05, 0) is 55.2 Å². The number of carbonyl (C=O) groups excluding carboxylic acids is 1. The molecule has 2 aromatic rings. The van der Waals surface area contributed by atoms with Gasteiger partial charge in [0.05, 0.1) is 17.1 Å². The van der Waals surface area contributed by atoms with Gasteiger partial charge in [0, 0.05) is 5.56 Å². The van der Waals surface area contributed by atoms with Crippen LogP contribution in [0, 0.1) is 11.3 Å². The van der Waals surface area contributed by atoms with Crippen LogP contribution in [-0.2, 0) is 11.2 Å². The second-order valence-corrected chi connectivity index (χ2v) is 8.88. The predicted octanol–water partition coefficient (Wildman–Crippen LogP) is 4.64. The number of halogens is 4. The van der Waals surface area contributed by atoms with Crippen molar-refractivity contribution in [3.63, 3.8) is 0 Å². The van der Waals surface area contributed by atoms with E-state index in [0.29, 0.717) is 24.2 Å². The fraction of sp³-hybridized carbons (Fsp3) is 0.360. The quantitative estimate of drug-likeness (QED) is 0.581. The molecule has 1 aliphatic carbocycles. The maximum atomic E-state index is 14.3. The third-order valence-corrected chi connectivity index (χ3v) is 6.14. The topological polar surface area (TPSA) is 83.4 Å². The average molecular weight is 506 g/mol. The minimum absolute atomic E-state index is 0.0201. The average Bonchev–Trinajstić information content (AvgIpc) is 3.58. The molecule has 1 fully saturated rings. The minimum Gasteiger partial charge on any atom is -0.489 e. The highest BCUT2D eigenvalue weighted by Gasteiger charge is 2.48. The highest BCUT2D eigenvalue weighted by Crippen LogP contribution is 2.39. The third-order valence-electron chi connectivity index (χ3n) is 5.84. The lowest BCUT2D eigenvalue weighted by molar-refractivity contribution is -0.161. The smallest absolute Gasteiger partial charge is 0.408 e. The molecule has 6 nitrogen and oxygen atoms in total. The molecule has 10 heteroatoms. The van der Waals surface area contributed by atoms with Gasteiger partial charge in [0.2, 0.25) is 5.91 Å². The number of nitriles is 1. The van der Waals surface area contributed by atoms with Gasteiger partial charge in [-0.1, -0.05) is 35.9 Å². The Morgan fingerprint density at radius 2 is 1.80 bits per heavy atom. The van der Waals surface area contributed by atoms with E-state index in [0.717, 1.165) is 0 Å². The Balaban J connectivity index is 1.74. The summed E-state index contributed by atoms with van der Waals surface area (Å²) in [4.78, 5) is 13.1. The molecular weight excluding hydrogens is 483 g/mol. The van der Waals surface area contributed by atoms with Crippen LogP contribution in [0.15, 0.2) is 54.6 Å². The molecule has 2 aromatic carbocycles. The zero-order valence-corrected chi connectivity index (χ0v) is 19.3. The van der Waals surface area contributed by atoms with E-state index >= 15 is 0 Å². The molecule has 5 rings (SSSR count). The van der Waals surface area contributed by atoms with Crippen LogP contribution in [0.3, 0.4) is 0 Å². The van der Waals surface area contributed by atoms with Crippen molar-refractivity contribution in [2.45, 2.75) is 43.1 Å². The largest absolute Gasteiger partial charge is 0.489 e. The lowest BCUT2D eigenvalue weighted by Gasteiger charge is -2.29. The summed E-state index contributed by atoms with van der Waals surface area (Å²) in [5, 5.41) is 14.7. The van der Waals surface area contributed by atoms with Crippen molar-refractivity contribution >= 4 is 17.5 Å². The summed E-state index contributed by atoms with van der Waals surface area (Å²) in [6, 6.07) is 9.17. The maximum Gasteiger partial charge on any atom is 0.408 e. The number of hydrogen-bond acceptors (Lipinski definition) is 5. The lowest BCUT2D eigenvalue weighted by Crippen LogP contribution is -2.52. The highest BCUT2D eigenvalue weighted by molar-refractivity contribution is 6.32. The zero-order valence-electron chi connectivity index (χ0n) is 18.6. The lowest BCUT2D eigenvalue weighted by atomic mass is 9.99. The molecule has 2 bridgehead atoms. The first kappa shape index (κ1) is 24.9. The van der Waals surface area contributed by atoms with E-state index in [9.17, 15) is 23.2 Å². The Kier molecular flexibility index (Phi) is 7.24. The Hall–Kier alpha value is -3.22. The summed E-state index contributed by atoms with van der Waals surface area (Å²) in [5.41, 5.74) is -0.654. The first-order valence-electron chi connectivity index (χ1n) is 11.0. The molecule has 0 aromatic heterocycles. The SMILES string of the molecule is N#CC1(NC(=O)[C@@H]2Cc3ccc(c(Cl)c3)OC/C=C/COc3ccccc3C(C(F)(F)F)N2)CC1. The fourth-order valence-electron chi connectivity index (χ4n) is 3.79. The third kappa shape index (κ3) is 6.08. The second kappa shape index (κ2) is 10.2. The van der Waals surface area contributed by atoms with Crippen LogP contribution in [0.4, 0.5) is 13.2 Å².